The predicted octanol–water partition coefficient (Wildman–Crippen LogP) is 4.23. The predicted molar refractivity (Wildman–Crippen MR) is 73.4 cm³/mol. The Morgan fingerprint density at radius 1 is 0.824 bits per heavy atom. The highest BCUT2D eigenvalue weighted by Gasteiger charge is 2.13. The molecule has 17 heavy (non-hydrogen) atoms. The fraction of sp³-hybridized carbons (Fsp3) is 0.0667. The third-order valence-electron chi connectivity index (χ3n) is 2.96. The van der Waals surface area contributed by atoms with Crippen molar-refractivity contribution in [1.29, 1.82) is 0 Å². The van der Waals surface area contributed by atoms with Gasteiger partial charge in [0.05, 0.1) is 5.76 Å². The Bertz CT molecular complexity index is 573. The van der Waals surface area contributed by atoms with Crippen molar-refractivity contribution in [2.45, 2.75) is 6.42 Å². The highest BCUT2D eigenvalue weighted by atomic mass is 35.5. The van der Waals surface area contributed by atoms with Gasteiger partial charge >= 0.3 is 0 Å². The molecule has 0 saturated heterocycles. The van der Waals surface area contributed by atoms with E-state index in [0.717, 1.165) is 5.56 Å². The number of hydrogen-bond donors (Lipinski definition) is 1. The molecule has 0 aliphatic heterocycles. The van der Waals surface area contributed by atoms with E-state index in [1.807, 2.05) is 36.4 Å². The van der Waals surface area contributed by atoms with Crippen LogP contribution in [0.25, 0.3) is 17.2 Å². The molecule has 0 bridgehead atoms. The van der Waals surface area contributed by atoms with Gasteiger partial charge in [-0.25, -0.2) is 0 Å². The van der Waals surface area contributed by atoms with Gasteiger partial charge in [-0.15, -0.1) is 12.4 Å². The molecule has 2 heteroatoms. The van der Waals surface area contributed by atoms with Gasteiger partial charge in [-0.3, -0.25) is 0 Å². The number of aliphatic hydroxyl groups is 1. The summed E-state index contributed by atoms with van der Waals surface area (Å²) in [6, 6.07) is 16.4. The van der Waals surface area contributed by atoms with Crippen molar-refractivity contribution in [1.82, 2.24) is 0 Å². The summed E-state index contributed by atoms with van der Waals surface area (Å²) in [7, 11) is 0. The van der Waals surface area contributed by atoms with Crippen molar-refractivity contribution < 1.29 is 5.11 Å². The lowest BCUT2D eigenvalue weighted by atomic mass is 9.97. The van der Waals surface area contributed by atoms with Crippen LogP contribution in [-0.2, 0) is 6.42 Å². The van der Waals surface area contributed by atoms with Crippen molar-refractivity contribution in [3.63, 3.8) is 0 Å². The number of halogens is 1. The molecule has 0 heterocycles. The molecule has 86 valence electrons. The van der Waals surface area contributed by atoms with Crippen molar-refractivity contribution in [3.05, 3.63) is 65.4 Å². The molecule has 1 aliphatic rings. The molecule has 0 atom stereocenters. The van der Waals surface area contributed by atoms with E-state index < -0.39 is 0 Å². The monoisotopic (exact) mass is 244 g/mol. The van der Waals surface area contributed by atoms with Crippen molar-refractivity contribution in [2.24, 2.45) is 0 Å². The lowest BCUT2D eigenvalue weighted by Crippen LogP contribution is -1.89. The Morgan fingerprint density at radius 3 is 2.29 bits per heavy atom. The second-order valence-electron chi connectivity index (χ2n) is 4.06. The molecule has 1 aliphatic carbocycles. The standard InChI is InChI=1S/C15H12O.ClH/c16-13-9-11-5-1-3-7-14(11)15-8-4-2-6-12(15)10-13;/h1-9,16H,10H2;1H. The largest absolute Gasteiger partial charge is 0.512 e. The molecular formula is C15H13ClO. The van der Waals surface area contributed by atoms with Gasteiger partial charge in [-0.1, -0.05) is 48.5 Å². The first-order chi connectivity index (χ1) is 7.84. The highest BCUT2D eigenvalue weighted by Crippen LogP contribution is 2.32. The van der Waals surface area contributed by atoms with Gasteiger partial charge in [0.25, 0.3) is 0 Å². The first kappa shape index (κ1) is 11.7. The van der Waals surface area contributed by atoms with Gasteiger partial charge in [0.2, 0.25) is 0 Å². The smallest absolute Gasteiger partial charge is 0.0972 e. The maximum absolute atomic E-state index is 9.84. The Labute approximate surface area is 107 Å². The molecule has 0 aromatic heterocycles. The number of hydrogen-bond acceptors (Lipinski definition) is 1. The summed E-state index contributed by atoms with van der Waals surface area (Å²) in [5.41, 5.74) is 4.69. The van der Waals surface area contributed by atoms with E-state index in [0.29, 0.717) is 12.2 Å². The summed E-state index contributed by atoms with van der Waals surface area (Å²) in [5.74, 6) is 0.428. The third-order valence-corrected chi connectivity index (χ3v) is 2.96. The number of aliphatic hydroxyl groups excluding tert-OH is 1. The second kappa shape index (κ2) is 4.64. The van der Waals surface area contributed by atoms with Crippen molar-refractivity contribution in [2.75, 3.05) is 0 Å². The summed E-state index contributed by atoms with van der Waals surface area (Å²) in [5, 5.41) is 9.84. The molecule has 3 rings (SSSR count). The quantitative estimate of drug-likeness (QED) is 0.735. The number of rotatable bonds is 0. The van der Waals surface area contributed by atoms with Gasteiger partial charge < -0.3 is 5.11 Å². The average Bonchev–Trinajstić information content (AvgIpc) is 2.44. The topological polar surface area (TPSA) is 20.2 Å². The van der Waals surface area contributed by atoms with Crippen LogP contribution in [0.5, 0.6) is 0 Å². The summed E-state index contributed by atoms with van der Waals surface area (Å²) in [4.78, 5) is 0. The van der Waals surface area contributed by atoms with Crippen LogP contribution in [0, 0.1) is 0 Å². The minimum Gasteiger partial charge on any atom is -0.512 e. The van der Waals surface area contributed by atoms with Gasteiger partial charge in [0.1, 0.15) is 0 Å². The van der Waals surface area contributed by atoms with Gasteiger partial charge in [-0.2, -0.15) is 0 Å². The van der Waals surface area contributed by atoms with Crippen LogP contribution in [0.4, 0.5) is 0 Å². The Morgan fingerprint density at radius 2 is 1.47 bits per heavy atom. The van der Waals surface area contributed by atoms with E-state index >= 15 is 0 Å². The van der Waals surface area contributed by atoms with Crippen LogP contribution in [0.15, 0.2) is 54.3 Å². The number of benzene rings is 2. The van der Waals surface area contributed by atoms with E-state index in [2.05, 4.69) is 18.2 Å². The van der Waals surface area contributed by atoms with Crippen LogP contribution in [0.2, 0.25) is 0 Å². The summed E-state index contributed by atoms with van der Waals surface area (Å²) >= 11 is 0. The van der Waals surface area contributed by atoms with E-state index in [9.17, 15) is 5.11 Å². The Hall–Kier alpha value is -1.73. The molecule has 2 aromatic carbocycles. The lowest BCUT2D eigenvalue weighted by Gasteiger charge is -2.07. The number of allylic oxidation sites excluding steroid dienone is 1. The lowest BCUT2D eigenvalue weighted by molar-refractivity contribution is 0.405. The van der Waals surface area contributed by atoms with Crippen molar-refractivity contribution >= 4 is 18.5 Å². The molecule has 0 fully saturated rings. The fourth-order valence-corrected chi connectivity index (χ4v) is 2.23. The van der Waals surface area contributed by atoms with Crippen LogP contribution in [0.3, 0.4) is 0 Å². The van der Waals surface area contributed by atoms with E-state index in [-0.39, 0.29) is 12.4 Å². The zero-order valence-corrected chi connectivity index (χ0v) is 10.1. The minimum atomic E-state index is 0. The van der Waals surface area contributed by atoms with E-state index in [1.54, 1.807) is 0 Å². The van der Waals surface area contributed by atoms with E-state index in [1.165, 1.54) is 16.7 Å². The SMILES string of the molecule is Cl.OC1=Cc2ccccc2-c2ccccc2C1. The van der Waals surface area contributed by atoms with Gasteiger partial charge in [0, 0.05) is 6.42 Å². The molecule has 2 aromatic rings. The zero-order valence-electron chi connectivity index (χ0n) is 9.26. The zero-order chi connectivity index (χ0) is 11.0. The summed E-state index contributed by atoms with van der Waals surface area (Å²) in [6.45, 7) is 0. The summed E-state index contributed by atoms with van der Waals surface area (Å²) < 4.78 is 0. The Kier molecular flexibility index (Phi) is 3.21. The maximum atomic E-state index is 9.84. The molecule has 0 spiro atoms. The average molecular weight is 245 g/mol. The first-order valence-corrected chi connectivity index (χ1v) is 5.41. The van der Waals surface area contributed by atoms with Crippen LogP contribution in [0.1, 0.15) is 11.1 Å². The number of fused-ring (bicyclic) bond motifs is 3. The minimum absolute atomic E-state index is 0. The van der Waals surface area contributed by atoms with Crippen LogP contribution < -0.4 is 0 Å². The van der Waals surface area contributed by atoms with Crippen LogP contribution in [-0.4, -0.2) is 5.11 Å². The third kappa shape index (κ3) is 2.06. The summed E-state index contributed by atoms with van der Waals surface area (Å²) in [6.07, 6.45) is 2.47. The van der Waals surface area contributed by atoms with E-state index in [4.69, 9.17) is 0 Å². The molecule has 0 saturated carbocycles. The van der Waals surface area contributed by atoms with Crippen molar-refractivity contribution in [3.8, 4) is 11.1 Å². The van der Waals surface area contributed by atoms with Gasteiger partial charge in [-0.05, 0) is 28.3 Å². The molecule has 0 amide bonds. The molecule has 0 radical (unpaired) electrons. The molecule has 0 unspecified atom stereocenters. The molecule has 1 nitrogen and oxygen atoms in total. The highest BCUT2D eigenvalue weighted by molar-refractivity contribution is 5.85. The fourth-order valence-electron chi connectivity index (χ4n) is 2.23. The normalized spacial score (nSPS) is 12.6. The molecular weight excluding hydrogens is 232 g/mol. The Balaban J connectivity index is 0.00000108. The molecule has 1 N–H and O–H groups in total. The van der Waals surface area contributed by atoms with Crippen LogP contribution >= 0.6 is 12.4 Å². The van der Waals surface area contributed by atoms with Gasteiger partial charge in [0.15, 0.2) is 0 Å². The first-order valence-electron chi connectivity index (χ1n) is 5.41. The second-order valence-corrected chi connectivity index (χ2v) is 4.06. The maximum Gasteiger partial charge on any atom is 0.0972 e.